The molecule has 7 heteroatoms. The fraction of sp³-hybridized carbons (Fsp3) is 0.195. The van der Waals surface area contributed by atoms with Crippen LogP contribution in [-0.2, 0) is 17.9 Å². The van der Waals surface area contributed by atoms with Crippen LogP contribution in [-0.4, -0.2) is 46.9 Å². The lowest BCUT2D eigenvalue weighted by Crippen LogP contribution is -2.47. The quantitative estimate of drug-likeness (QED) is 0.145. The molecule has 1 saturated heterocycles. The van der Waals surface area contributed by atoms with Crippen molar-refractivity contribution in [1.82, 2.24) is 14.8 Å². The van der Waals surface area contributed by atoms with Crippen molar-refractivity contribution in [1.29, 1.82) is 5.26 Å². The minimum atomic E-state index is 0.0307. The maximum absolute atomic E-state index is 13.0. The van der Waals surface area contributed by atoms with Crippen LogP contribution in [0.5, 0.6) is 17.4 Å². The Morgan fingerprint density at radius 1 is 0.833 bits per heavy atom. The fourth-order valence-corrected chi connectivity index (χ4v) is 5.79. The summed E-state index contributed by atoms with van der Waals surface area (Å²) in [5, 5.41) is 8.95. The fourth-order valence-electron chi connectivity index (χ4n) is 5.79. The molecule has 2 heterocycles. The highest BCUT2D eigenvalue weighted by atomic mass is 16.5. The van der Waals surface area contributed by atoms with E-state index in [9.17, 15) is 4.79 Å². The van der Waals surface area contributed by atoms with Gasteiger partial charge in [0.05, 0.1) is 17.8 Å². The number of carbonyl (C=O) groups is 1. The van der Waals surface area contributed by atoms with Gasteiger partial charge in [-0.15, -0.1) is 0 Å². The number of piperazine rings is 1. The number of aryl methyl sites for hydroxylation is 2. The number of nitrogens with zero attached hydrogens (tertiary/aromatic N) is 4. The Hall–Kier alpha value is -5.71. The average Bonchev–Trinajstić information content (AvgIpc) is 3.13. The number of nitriles is 1. The maximum Gasteiger partial charge on any atom is 0.246 e. The van der Waals surface area contributed by atoms with Crippen molar-refractivity contribution in [2.45, 2.75) is 27.0 Å². The van der Waals surface area contributed by atoms with E-state index in [1.165, 1.54) is 16.7 Å². The van der Waals surface area contributed by atoms with Crippen molar-refractivity contribution in [3.63, 3.8) is 0 Å². The molecule has 4 aromatic carbocycles. The molecule has 7 nitrogen and oxygen atoms in total. The molecule has 0 spiro atoms. The molecule has 0 bridgehead atoms. The second-order valence-corrected chi connectivity index (χ2v) is 12.0. The third-order valence-electron chi connectivity index (χ3n) is 8.46. The first-order valence-electron chi connectivity index (χ1n) is 16.1. The molecule has 1 aromatic heterocycles. The SMILES string of the molecule is Cc1cc(/C=C/C(=O)N2CCN(Cc3ccc(-c4ccccc4)cc3)CC2)cc(C)c1Oc1ccc(OCc2ccc(C#N)cc2)cn1. The molecule has 0 unspecified atom stereocenters. The Bertz CT molecular complexity index is 1880. The minimum Gasteiger partial charge on any atom is -0.487 e. The van der Waals surface area contributed by atoms with Gasteiger partial charge in [-0.1, -0.05) is 66.7 Å². The molecule has 1 fully saturated rings. The highest BCUT2D eigenvalue weighted by Crippen LogP contribution is 2.30. The summed E-state index contributed by atoms with van der Waals surface area (Å²) in [6.45, 7) is 8.36. The van der Waals surface area contributed by atoms with Crippen LogP contribution in [0, 0.1) is 25.2 Å². The monoisotopic (exact) mass is 634 g/mol. The molecule has 5 aromatic rings. The molecule has 240 valence electrons. The summed E-state index contributed by atoms with van der Waals surface area (Å²) >= 11 is 0. The number of aromatic nitrogens is 1. The van der Waals surface area contributed by atoms with E-state index in [4.69, 9.17) is 14.7 Å². The maximum atomic E-state index is 13.0. The van der Waals surface area contributed by atoms with Gasteiger partial charge in [-0.2, -0.15) is 5.26 Å². The lowest BCUT2D eigenvalue weighted by molar-refractivity contribution is -0.127. The lowest BCUT2D eigenvalue weighted by atomic mass is 10.0. The molecule has 6 rings (SSSR count). The molecule has 0 radical (unpaired) electrons. The summed E-state index contributed by atoms with van der Waals surface area (Å²) in [6, 6.07) is 36.2. The highest BCUT2D eigenvalue weighted by molar-refractivity contribution is 5.92. The summed E-state index contributed by atoms with van der Waals surface area (Å²) in [5.74, 6) is 1.86. The van der Waals surface area contributed by atoms with E-state index in [1.807, 2.05) is 61.2 Å². The Labute approximate surface area is 282 Å². The Kier molecular flexibility index (Phi) is 10.2. The summed E-state index contributed by atoms with van der Waals surface area (Å²) < 4.78 is 12.0. The predicted octanol–water partition coefficient (Wildman–Crippen LogP) is 7.97. The van der Waals surface area contributed by atoms with Gasteiger partial charge in [0.2, 0.25) is 11.8 Å². The first kappa shape index (κ1) is 32.2. The molecular weight excluding hydrogens is 596 g/mol. The predicted molar refractivity (Wildman–Crippen MR) is 188 cm³/mol. The Morgan fingerprint density at radius 2 is 1.50 bits per heavy atom. The van der Waals surface area contributed by atoms with Gasteiger partial charge in [0.25, 0.3) is 0 Å². The van der Waals surface area contributed by atoms with Crippen LogP contribution < -0.4 is 9.47 Å². The van der Waals surface area contributed by atoms with Gasteiger partial charge in [0, 0.05) is 44.9 Å². The number of hydrogen-bond donors (Lipinski definition) is 0. The van der Waals surface area contributed by atoms with Gasteiger partial charge in [0.15, 0.2) is 0 Å². The van der Waals surface area contributed by atoms with Gasteiger partial charge in [-0.25, -0.2) is 4.98 Å². The van der Waals surface area contributed by atoms with E-state index in [1.54, 1.807) is 30.5 Å². The van der Waals surface area contributed by atoms with E-state index in [2.05, 4.69) is 64.5 Å². The zero-order valence-electron chi connectivity index (χ0n) is 27.3. The lowest BCUT2D eigenvalue weighted by Gasteiger charge is -2.34. The first-order chi connectivity index (χ1) is 23.4. The Balaban J connectivity index is 0.975. The summed E-state index contributed by atoms with van der Waals surface area (Å²) in [6.07, 6.45) is 5.19. The highest BCUT2D eigenvalue weighted by Gasteiger charge is 2.20. The molecule has 48 heavy (non-hydrogen) atoms. The van der Waals surface area contributed by atoms with Crippen LogP contribution in [0.1, 0.15) is 33.4 Å². The molecule has 0 aliphatic carbocycles. The van der Waals surface area contributed by atoms with Crippen LogP contribution >= 0.6 is 0 Å². The number of carbonyl (C=O) groups excluding carboxylic acids is 1. The largest absolute Gasteiger partial charge is 0.487 e. The summed E-state index contributed by atoms with van der Waals surface area (Å²) in [5.41, 5.74) is 8.17. The number of rotatable bonds is 10. The van der Waals surface area contributed by atoms with Crippen LogP contribution in [0.25, 0.3) is 17.2 Å². The Morgan fingerprint density at radius 3 is 2.15 bits per heavy atom. The van der Waals surface area contributed by atoms with E-state index in [-0.39, 0.29) is 5.91 Å². The van der Waals surface area contributed by atoms with Crippen molar-refractivity contribution in [3.05, 3.63) is 149 Å². The molecule has 1 aliphatic heterocycles. The molecular formula is C41H38N4O3. The molecule has 1 amide bonds. The third kappa shape index (κ3) is 8.35. The first-order valence-corrected chi connectivity index (χ1v) is 16.1. The number of amides is 1. The van der Waals surface area contributed by atoms with E-state index >= 15 is 0 Å². The van der Waals surface area contributed by atoms with Crippen LogP contribution in [0.4, 0.5) is 0 Å². The van der Waals surface area contributed by atoms with E-state index in [0.29, 0.717) is 36.9 Å². The van der Waals surface area contributed by atoms with Gasteiger partial charge < -0.3 is 14.4 Å². The van der Waals surface area contributed by atoms with E-state index in [0.717, 1.165) is 47.6 Å². The van der Waals surface area contributed by atoms with Crippen LogP contribution in [0.3, 0.4) is 0 Å². The van der Waals surface area contributed by atoms with Gasteiger partial charge in [-0.3, -0.25) is 9.69 Å². The zero-order chi connectivity index (χ0) is 33.3. The minimum absolute atomic E-state index is 0.0307. The van der Waals surface area contributed by atoms with Crippen LogP contribution in [0.2, 0.25) is 0 Å². The van der Waals surface area contributed by atoms with Crippen molar-refractivity contribution in [2.24, 2.45) is 0 Å². The zero-order valence-corrected chi connectivity index (χ0v) is 27.3. The van der Waals surface area contributed by atoms with Crippen molar-refractivity contribution in [3.8, 4) is 34.6 Å². The number of pyridine rings is 1. The number of ether oxygens (including phenoxy) is 2. The average molecular weight is 635 g/mol. The normalized spacial score (nSPS) is 13.3. The number of benzene rings is 4. The van der Waals surface area contributed by atoms with Crippen molar-refractivity contribution < 1.29 is 14.3 Å². The topological polar surface area (TPSA) is 78.7 Å². The van der Waals surface area contributed by atoms with E-state index < -0.39 is 0 Å². The summed E-state index contributed by atoms with van der Waals surface area (Å²) in [7, 11) is 0. The van der Waals surface area contributed by atoms with Gasteiger partial charge in [-0.05, 0) is 89.2 Å². The summed E-state index contributed by atoms with van der Waals surface area (Å²) in [4.78, 5) is 21.8. The van der Waals surface area contributed by atoms with Crippen molar-refractivity contribution in [2.75, 3.05) is 26.2 Å². The van der Waals surface area contributed by atoms with Gasteiger partial charge >= 0.3 is 0 Å². The standard InChI is InChI=1S/C41H38N4O3/c1-30-24-35(25-31(2)41(30)48-39-18-17-38(27-43-39)47-29-34-10-8-32(26-42)9-11-34)14-19-40(46)45-22-20-44(21-23-45)28-33-12-15-37(16-13-33)36-6-4-3-5-7-36/h3-19,24-25,27H,20-23,28-29H2,1-2H3/b19-14+. The number of hydrogen-bond acceptors (Lipinski definition) is 6. The second-order valence-electron chi connectivity index (χ2n) is 12.0. The molecule has 0 atom stereocenters. The molecule has 0 saturated carbocycles. The second kappa shape index (κ2) is 15.3. The molecule has 1 aliphatic rings. The third-order valence-corrected chi connectivity index (χ3v) is 8.46. The van der Waals surface area contributed by atoms with Crippen LogP contribution in [0.15, 0.2) is 115 Å². The van der Waals surface area contributed by atoms with Crippen molar-refractivity contribution >= 4 is 12.0 Å². The molecule has 0 N–H and O–H groups in total. The van der Waals surface area contributed by atoms with Gasteiger partial charge in [0.1, 0.15) is 18.1 Å². The smallest absolute Gasteiger partial charge is 0.246 e.